The lowest BCUT2D eigenvalue weighted by atomic mass is 10.1. The third-order valence-electron chi connectivity index (χ3n) is 1.51. The highest BCUT2D eigenvalue weighted by molar-refractivity contribution is 5.59. The lowest BCUT2D eigenvalue weighted by molar-refractivity contribution is -0.337. The minimum Gasteiger partial charge on any atom is -0.300 e. The van der Waals surface area contributed by atoms with Gasteiger partial charge < -0.3 is 4.79 Å². The van der Waals surface area contributed by atoms with Crippen LogP contribution in [0.15, 0.2) is 30.3 Å². The molecule has 0 aromatic heterocycles. The first kappa shape index (κ1) is 10.7. The summed E-state index contributed by atoms with van der Waals surface area (Å²) in [6, 6.07) is 7.49. The summed E-state index contributed by atoms with van der Waals surface area (Å²) in [7, 11) is 0. The highest BCUT2D eigenvalue weighted by Gasteiger charge is 2.33. The normalized spacial score (nSPS) is 13.6. The first-order valence-electron chi connectivity index (χ1n) is 3.78. The SMILES string of the molecule is O=CC(OC(F)(F)F)c1ccccc1. The van der Waals surface area contributed by atoms with Crippen molar-refractivity contribution >= 4 is 6.29 Å². The Morgan fingerprint density at radius 2 is 1.79 bits per heavy atom. The quantitative estimate of drug-likeness (QED) is 0.707. The smallest absolute Gasteiger partial charge is 0.300 e. The molecular weight excluding hydrogens is 197 g/mol. The molecule has 1 aromatic carbocycles. The van der Waals surface area contributed by atoms with E-state index in [-0.39, 0.29) is 11.8 Å². The van der Waals surface area contributed by atoms with E-state index in [2.05, 4.69) is 4.74 Å². The van der Waals surface area contributed by atoms with Gasteiger partial charge in [-0.2, -0.15) is 0 Å². The fourth-order valence-corrected chi connectivity index (χ4v) is 0.961. The summed E-state index contributed by atoms with van der Waals surface area (Å²) in [5.41, 5.74) is 0.180. The molecule has 0 radical (unpaired) electrons. The van der Waals surface area contributed by atoms with E-state index in [9.17, 15) is 18.0 Å². The average molecular weight is 204 g/mol. The van der Waals surface area contributed by atoms with E-state index < -0.39 is 12.5 Å². The number of hydrogen-bond acceptors (Lipinski definition) is 2. The number of alkyl halides is 3. The Morgan fingerprint density at radius 1 is 1.21 bits per heavy atom. The molecule has 76 valence electrons. The molecule has 1 unspecified atom stereocenters. The maximum Gasteiger partial charge on any atom is 0.523 e. The van der Waals surface area contributed by atoms with Crippen LogP contribution in [0.3, 0.4) is 0 Å². The lowest BCUT2D eigenvalue weighted by Gasteiger charge is -2.13. The van der Waals surface area contributed by atoms with Crippen LogP contribution in [0.1, 0.15) is 11.7 Å². The Balaban J connectivity index is 2.78. The average Bonchev–Trinajstić information content (AvgIpc) is 2.14. The lowest BCUT2D eigenvalue weighted by Crippen LogP contribution is -2.18. The summed E-state index contributed by atoms with van der Waals surface area (Å²) < 4.78 is 39.0. The molecule has 0 saturated carbocycles. The maximum atomic E-state index is 11.8. The van der Waals surface area contributed by atoms with Crippen molar-refractivity contribution in [3.05, 3.63) is 35.9 Å². The molecule has 1 rings (SSSR count). The highest BCUT2D eigenvalue weighted by atomic mass is 19.4. The number of carbonyl (C=O) groups excluding carboxylic acids is 1. The second-order valence-electron chi connectivity index (χ2n) is 2.53. The van der Waals surface area contributed by atoms with Gasteiger partial charge in [0, 0.05) is 0 Å². The van der Waals surface area contributed by atoms with E-state index in [1.54, 1.807) is 6.07 Å². The molecule has 0 aliphatic heterocycles. The number of ether oxygens (including phenoxy) is 1. The van der Waals surface area contributed by atoms with E-state index in [1.165, 1.54) is 24.3 Å². The minimum atomic E-state index is -4.80. The van der Waals surface area contributed by atoms with Gasteiger partial charge >= 0.3 is 6.36 Å². The van der Waals surface area contributed by atoms with E-state index in [0.717, 1.165) is 0 Å². The number of halogens is 3. The Bertz CT molecular complexity index is 295. The minimum absolute atomic E-state index is 0.114. The van der Waals surface area contributed by atoms with Crippen molar-refractivity contribution in [3.63, 3.8) is 0 Å². The van der Waals surface area contributed by atoms with Gasteiger partial charge in [0.05, 0.1) is 0 Å². The second kappa shape index (κ2) is 4.23. The van der Waals surface area contributed by atoms with Gasteiger partial charge in [-0.05, 0) is 5.56 Å². The predicted octanol–water partition coefficient (Wildman–Crippen LogP) is 2.46. The molecule has 0 aliphatic rings. The van der Waals surface area contributed by atoms with Crippen LogP contribution in [0.25, 0.3) is 0 Å². The molecule has 0 saturated heterocycles. The van der Waals surface area contributed by atoms with Gasteiger partial charge in [0.25, 0.3) is 0 Å². The maximum absolute atomic E-state index is 11.8. The molecule has 0 heterocycles. The van der Waals surface area contributed by atoms with Crippen molar-refractivity contribution in [1.29, 1.82) is 0 Å². The number of aldehydes is 1. The third kappa shape index (κ3) is 3.18. The molecule has 0 bridgehead atoms. The van der Waals surface area contributed by atoms with E-state index in [1.807, 2.05) is 0 Å². The van der Waals surface area contributed by atoms with Crippen LogP contribution in [0.4, 0.5) is 13.2 Å². The number of hydrogen-bond donors (Lipinski definition) is 0. The molecule has 1 aromatic rings. The first-order valence-corrected chi connectivity index (χ1v) is 3.78. The monoisotopic (exact) mass is 204 g/mol. The van der Waals surface area contributed by atoms with Gasteiger partial charge in [-0.25, -0.2) is 0 Å². The zero-order valence-electron chi connectivity index (χ0n) is 6.99. The van der Waals surface area contributed by atoms with Crippen LogP contribution in [0, 0.1) is 0 Å². The topological polar surface area (TPSA) is 26.3 Å². The molecule has 2 nitrogen and oxygen atoms in total. The van der Waals surface area contributed by atoms with Gasteiger partial charge in [0.2, 0.25) is 0 Å². The van der Waals surface area contributed by atoms with Crippen LogP contribution in [-0.2, 0) is 9.53 Å². The largest absolute Gasteiger partial charge is 0.523 e. The zero-order chi connectivity index (χ0) is 10.6. The summed E-state index contributed by atoms with van der Waals surface area (Å²) in [6.45, 7) is 0. The second-order valence-corrected chi connectivity index (χ2v) is 2.53. The van der Waals surface area contributed by atoms with Crippen LogP contribution < -0.4 is 0 Å². The summed E-state index contributed by atoms with van der Waals surface area (Å²) >= 11 is 0. The highest BCUT2D eigenvalue weighted by Crippen LogP contribution is 2.25. The Labute approximate surface area is 78.3 Å². The fourth-order valence-electron chi connectivity index (χ4n) is 0.961. The number of carbonyl (C=O) groups is 1. The van der Waals surface area contributed by atoms with Crippen LogP contribution in [-0.4, -0.2) is 12.6 Å². The molecule has 14 heavy (non-hydrogen) atoms. The van der Waals surface area contributed by atoms with E-state index >= 15 is 0 Å². The van der Waals surface area contributed by atoms with Gasteiger partial charge in [-0.1, -0.05) is 30.3 Å². The summed E-state index contributed by atoms with van der Waals surface area (Å²) in [5.74, 6) is 0. The Morgan fingerprint density at radius 3 is 2.21 bits per heavy atom. The van der Waals surface area contributed by atoms with Gasteiger partial charge in [0.15, 0.2) is 6.29 Å². The van der Waals surface area contributed by atoms with Crippen LogP contribution in [0.5, 0.6) is 0 Å². The van der Waals surface area contributed by atoms with Crippen molar-refractivity contribution in [2.24, 2.45) is 0 Å². The Hall–Kier alpha value is -1.36. The molecule has 1 atom stereocenters. The van der Waals surface area contributed by atoms with Gasteiger partial charge in [0.1, 0.15) is 6.10 Å². The predicted molar refractivity (Wildman–Crippen MR) is 42.4 cm³/mol. The van der Waals surface area contributed by atoms with Crippen molar-refractivity contribution < 1.29 is 22.7 Å². The summed E-state index contributed by atoms with van der Waals surface area (Å²) in [4.78, 5) is 10.4. The van der Waals surface area contributed by atoms with Crippen LogP contribution in [0.2, 0.25) is 0 Å². The van der Waals surface area contributed by atoms with Crippen molar-refractivity contribution in [1.82, 2.24) is 0 Å². The Kier molecular flexibility index (Phi) is 3.24. The molecular formula is C9H7F3O2. The van der Waals surface area contributed by atoms with Crippen molar-refractivity contribution in [2.75, 3.05) is 0 Å². The standard InChI is InChI=1S/C9H7F3O2/c10-9(11,12)14-8(6-13)7-4-2-1-3-5-7/h1-6,8H. The summed E-state index contributed by atoms with van der Waals surface area (Å²) in [5, 5.41) is 0. The van der Waals surface area contributed by atoms with Crippen molar-refractivity contribution in [3.8, 4) is 0 Å². The number of rotatable bonds is 3. The molecule has 0 fully saturated rings. The first-order chi connectivity index (χ1) is 6.53. The molecule has 5 heteroatoms. The number of benzene rings is 1. The van der Waals surface area contributed by atoms with Crippen LogP contribution >= 0.6 is 0 Å². The summed E-state index contributed by atoms with van der Waals surface area (Å²) in [6.07, 6.45) is -6.28. The zero-order valence-corrected chi connectivity index (χ0v) is 6.99. The molecule has 0 N–H and O–H groups in total. The van der Waals surface area contributed by atoms with Crippen molar-refractivity contribution in [2.45, 2.75) is 12.5 Å². The molecule has 0 spiro atoms. The fraction of sp³-hybridized carbons (Fsp3) is 0.222. The van der Waals surface area contributed by atoms with Gasteiger partial charge in [-0.3, -0.25) is 4.74 Å². The van der Waals surface area contributed by atoms with E-state index in [0.29, 0.717) is 0 Å². The third-order valence-corrected chi connectivity index (χ3v) is 1.51. The van der Waals surface area contributed by atoms with E-state index in [4.69, 9.17) is 0 Å². The molecule has 0 aliphatic carbocycles. The molecule has 0 amide bonds. The van der Waals surface area contributed by atoms with Gasteiger partial charge in [-0.15, -0.1) is 13.2 Å².